The van der Waals surface area contributed by atoms with Crippen LogP contribution in [0.2, 0.25) is 0 Å². The van der Waals surface area contributed by atoms with Gasteiger partial charge in [0.05, 0.1) is 16.3 Å². The third kappa shape index (κ3) is 5.00. The molecule has 1 aliphatic heterocycles. The van der Waals surface area contributed by atoms with Crippen LogP contribution in [0.15, 0.2) is 58.6 Å². The quantitative estimate of drug-likeness (QED) is 0.527. The second kappa shape index (κ2) is 9.80. The summed E-state index contributed by atoms with van der Waals surface area (Å²) in [6.45, 7) is 2.83. The van der Waals surface area contributed by atoms with E-state index in [1.54, 1.807) is 23.7 Å². The number of hydrogen-bond acceptors (Lipinski definition) is 7. The number of carbonyl (C=O) groups excluding carboxylic acids is 1. The molecular weight excluding hydrogens is 448 g/mol. The van der Waals surface area contributed by atoms with E-state index in [2.05, 4.69) is 20.8 Å². The Balaban J connectivity index is 1.43. The summed E-state index contributed by atoms with van der Waals surface area (Å²) in [6.07, 6.45) is 2.79. The molecule has 2 aromatic carbocycles. The lowest BCUT2D eigenvalue weighted by atomic mass is 10.2. The van der Waals surface area contributed by atoms with E-state index in [-0.39, 0.29) is 16.6 Å². The molecule has 1 aromatic heterocycles. The van der Waals surface area contributed by atoms with Gasteiger partial charge in [-0.05, 0) is 60.0 Å². The summed E-state index contributed by atoms with van der Waals surface area (Å²) in [7, 11) is -3.59. The fourth-order valence-corrected chi connectivity index (χ4v) is 5.99. The van der Waals surface area contributed by atoms with Crippen molar-refractivity contribution in [2.75, 3.05) is 24.2 Å². The molecule has 1 N–H and O–H groups in total. The van der Waals surface area contributed by atoms with E-state index in [0.717, 1.165) is 24.9 Å². The van der Waals surface area contributed by atoms with E-state index < -0.39 is 10.0 Å². The first kappa shape index (κ1) is 22.4. The average Bonchev–Trinajstić information content (AvgIpc) is 3.29. The number of aryl methyl sites for hydroxylation is 1. The van der Waals surface area contributed by atoms with Gasteiger partial charge in [-0.2, -0.15) is 8.99 Å². The molecule has 0 unspecified atom stereocenters. The van der Waals surface area contributed by atoms with Crippen LogP contribution in [0, 0.1) is 6.92 Å². The van der Waals surface area contributed by atoms with Gasteiger partial charge in [0.15, 0.2) is 0 Å². The number of amides is 1. The number of benzene rings is 2. The van der Waals surface area contributed by atoms with Crippen LogP contribution < -0.4 is 5.32 Å². The number of thioether (sulfide) groups is 1. The number of rotatable bonds is 7. The van der Waals surface area contributed by atoms with Crippen LogP contribution in [0.25, 0.3) is 5.69 Å². The number of carbonyl (C=O) groups is 1. The van der Waals surface area contributed by atoms with E-state index in [1.807, 2.05) is 30.3 Å². The van der Waals surface area contributed by atoms with Gasteiger partial charge in [0.2, 0.25) is 21.1 Å². The van der Waals surface area contributed by atoms with Gasteiger partial charge in [-0.25, -0.2) is 8.42 Å². The number of para-hydroxylation sites is 1. The number of nitrogens with zero attached hydrogens (tertiary/aromatic N) is 5. The van der Waals surface area contributed by atoms with Crippen molar-refractivity contribution in [3.63, 3.8) is 0 Å². The number of anilines is 1. The predicted octanol–water partition coefficient (Wildman–Crippen LogP) is 2.88. The molecule has 0 atom stereocenters. The molecule has 32 heavy (non-hydrogen) atoms. The summed E-state index contributed by atoms with van der Waals surface area (Å²) >= 11 is 1.20. The molecule has 0 spiro atoms. The summed E-state index contributed by atoms with van der Waals surface area (Å²) in [5.41, 5.74) is 1.90. The van der Waals surface area contributed by atoms with Gasteiger partial charge in [-0.3, -0.25) is 4.79 Å². The first-order chi connectivity index (χ1) is 15.4. The second-order valence-electron chi connectivity index (χ2n) is 7.49. The highest BCUT2D eigenvalue weighted by Gasteiger charge is 2.27. The Labute approximate surface area is 191 Å². The maximum absolute atomic E-state index is 13.1. The first-order valence-electron chi connectivity index (χ1n) is 10.3. The lowest BCUT2D eigenvalue weighted by molar-refractivity contribution is -0.113. The molecule has 1 fully saturated rings. The minimum absolute atomic E-state index is 0.0787. The zero-order valence-corrected chi connectivity index (χ0v) is 19.3. The molecule has 1 aliphatic rings. The topological polar surface area (TPSA) is 110 Å². The van der Waals surface area contributed by atoms with Gasteiger partial charge < -0.3 is 5.32 Å². The summed E-state index contributed by atoms with van der Waals surface area (Å²) < 4.78 is 29.3. The van der Waals surface area contributed by atoms with E-state index in [0.29, 0.717) is 29.5 Å². The van der Waals surface area contributed by atoms with Crippen LogP contribution in [0.5, 0.6) is 0 Å². The highest BCUT2D eigenvalue weighted by atomic mass is 32.2. The molecule has 1 saturated heterocycles. The molecule has 1 amide bonds. The smallest absolute Gasteiger partial charge is 0.243 e. The van der Waals surface area contributed by atoms with Crippen molar-refractivity contribution in [2.45, 2.75) is 36.2 Å². The van der Waals surface area contributed by atoms with E-state index in [1.165, 1.54) is 22.1 Å². The maximum Gasteiger partial charge on any atom is 0.243 e. The van der Waals surface area contributed by atoms with Gasteiger partial charge in [-0.15, -0.1) is 5.10 Å². The maximum atomic E-state index is 13.1. The molecule has 0 radical (unpaired) electrons. The van der Waals surface area contributed by atoms with E-state index >= 15 is 0 Å². The molecule has 11 heteroatoms. The third-order valence-corrected chi connectivity index (χ3v) is 8.14. The SMILES string of the molecule is Cc1ccc(NC(=O)CSc2nnnn2-c2ccccc2)cc1S(=O)(=O)N1CCCCC1. The van der Waals surface area contributed by atoms with Crippen molar-refractivity contribution in [3.05, 3.63) is 54.1 Å². The monoisotopic (exact) mass is 472 g/mol. The molecular formula is C21H24N6O3S2. The fraction of sp³-hybridized carbons (Fsp3) is 0.333. The average molecular weight is 473 g/mol. The van der Waals surface area contributed by atoms with Crippen molar-refractivity contribution < 1.29 is 13.2 Å². The number of sulfonamides is 1. The van der Waals surface area contributed by atoms with Gasteiger partial charge in [0.25, 0.3) is 0 Å². The third-order valence-electron chi connectivity index (χ3n) is 5.18. The van der Waals surface area contributed by atoms with Crippen molar-refractivity contribution in [3.8, 4) is 5.69 Å². The van der Waals surface area contributed by atoms with Crippen molar-refractivity contribution >= 4 is 33.4 Å². The van der Waals surface area contributed by atoms with Gasteiger partial charge in [0.1, 0.15) is 0 Å². The van der Waals surface area contributed by atoms with Crippen LogP contribution in [0.4, 0.5) is 5.69 Å². The van der Waals surface area contributed by atoms with E-state index in [9.17, 15) is 13.2 Å². The summed E-state index contributed by atoms with van der Waals surface area (Å²) in [4.78, 5) is 12.8. The zero-order valence-electron chi connectivity index (χ0n) is 17.6. The molecule has 2 heterocycles. The van der Waals surface area contributed by atoms with Crippen LogP contribution in [-0.4, -0.2) is 57.7 Å². The Morgan fingerprint density at radius 2 is 1.84 bits per heavy atom. The Bertz CT molecular complexity index is 1190. The summed E-state index contributed by atoms with van der Waals surface area (Å²) in [5, 5.41) is 14.9. The fourth-order valence-electron chi connectivity index (χ4n) is 3.53. The highest BCUT2D eigenvalue weighted by molar-refractivity contribution is 7.99. The van der Waals surface area contributed by atoms with Gasteiger partial charge in [0, 0.05) is 18.8 Å². The van der Waals surface area contributed by atoms with Gasteiger partial charge in [-0.1, -0.05) is 42.4 Å². The number of aromatic nitrogens is 4. The predicted molar refractivity (Wildman–Crippen MR) is 122 cm³/mol. The first-order valence-corrected chi connectivity index (χ1v) is 12.7. The molecule has 0 aliphatic carbocycles. The largest absolute Gasteiger partial charge is 0.325 e. The molecule has 0 saturated carbocycles. The highest BCUT2D eigenvalue weighted by Crippen LogP contribution is 2.26. The Hall–Kier alpha value is -2.76. The van der Waals surface area contributed by atoms with Crippen LogP contribution in [-0.2, 0) is 14.8 Å². The van der Waals surface area contributed by atoms with Crippen LogP contribution in [0.3, 0.4) is 0 Å². The summed E-state index contributed by atoms with van der Waals surface area (Å²) in [5.74, 6) is -0.197. The van der Waals surface area contributed by atoms with Crippen LogP contribution in [0.1, 0.15) is 24.8 Å². The van der Waals surface area contributed by atoms with Crippen molar-refractivity contribution in [1.29, 1.82) is 0 Å². The molecule has 9 nitrogen and oxygen atoms in total. The summed E-state index contributed by atoms with van der Waals surface area (Å²) in [6, 6.07) is 14.4. The second-order valence-corrected chi connectivity index (χ2v) is 10.3. The Kier molecular flexibility index (Phi) is 6.87. The van der Waals surface area contributed by atoms with Crippen molar-refractivity contribution in [1.82, 2.24) is 24.5 Å². The normalized spacial score (nSPS) is 14.9. The number of nitrogens with one attached hydrogen (secondary N) is 1. The number of hydrogen-bond donors (Lipinski definition) is 1. The minimum Gasteiger partial charge on any atom is -0.325 e. The zero-order chi connectivity index (χ0) is 22.6. The molecule has 168 valence electrons. The number of tetrazole rings is 1. The van der Waals surface area contributed by atoms with Gasteiger partial charge >= 0.3 is 0 Å². The van der Waals surface area contributed by atoms with Crippen molar-refractivity contribution in [2.24, 2.45) is 0 Å². The van der Waals surface area contributed by atoms with E-state index in [4.69, 9.17) is 0 Å². The molecule has 0 bridgehead atoms. The molecule has 4 rings (SSSR count). The lowest BCUT2D eigenvalue weighted by Crippen LogP contribution is -2.36. The lowest BCUT2D eigenvalue weighted by Gasteiger charge is -2.26. The Morgan fingerprint density at radius 1 is 1.09 bits per heavy atom. The minimum atomic E-state index is -3.59. The number of piperidine rings is 1. The Morgan fingerprint density at radius 3 is 2.59 bits per heavy atom. The standard InChI is InChI=1S/C21H24N6O3S2/c1-16-10-11-17(14-19(16)32(29,30)26-12-6-3-7-13-26)22-20(28)15-31-21-23-24-25-27(21)18-8-4-2-5-9-18/h2,4-5,8-11,14H,3,6-7,12-13,15H2,1H3,(H,22,28). The van der Waals surface area contributed by atoms with Crippen LogP contribution >= 0.6 is 11.8 Å². The molecule has 3 aromatic rings.